The van der Waals surface area contributed by atoms with Crippen molar-refractivity contribution in [3.8, 4) is 0 Å². The smallest absolute Gasteiger partial charge is 0.321 e. The summed E-state index contributed by atoms with van der Waals surface area (Å²) in [5.74, 6) is 0.874. The molecule has 0 aromatic heterocycles. The van der Waals surface area contributed by atoms with Crippen LogP contribution in [0.25, 0.3) is 0 Å². The van der Waals surface area contributed by atoms with Gasteiger partial charge in [0.2, 0.25) is 0 Å². The number of likely N-dealkylation sites (tertiary alicyclic amines) is 1. The van der Waals surface area contributed by atoms with Gasteiger partial charge in [-0.15, -0.1) is 0 Å². The molecule has 98 valence electrons. The highest BCUT2D eigenvalue weighted by Gasteiger charge is 2.24. The quantitative estimate of drug-likeness (QED) is 0.881. The number of carbonyl (C=O) groups excluding carboxylic acids is 1. The highest BCUT2D eigenvalue weighted by atomic mass is 32.2. The van der Waals surface area contributed by atoms with Crippen LogP contribution in [0.1, 0.15) is 12.0 Å². The summed E-state index contributed by atoms with van der Waals surface area (Å²) in [4.78, 5) is 13.7. The predicted octanol–water partition coefficient (Wildman–Crippen LogP) is 2.15. The minimum absolute atomic E-state index is 0.125. The molecule has 2 rings (SSSR count). The second kappa shape index (κ2) is 6.11. The van der Waals surface area contributed by atoms with Gasteiger partial charge in [0.1, 0.15) is 0 Å². The van der Waals surface area contributed by atoms with Gasteiger partial charge in [0.15, 0.2) is 0 Å². The molecule has 1 aromatic rings. The van der Waals surface area contributed by atoms with E-state index in [1.165, 1.54) is 0 Å². The third-order valence-electron chi connectivity index (χ3n) is 3.01. The van der Waals surface area contributed by atoms with Gasteiger partial charge in [-0.1, -0.05) is 18.2 Å². The van der Waals surface area contributed by atoms with Crippen molar-refractivity contribution in [3.63, 3.8) is 0 Å². The molecule has 0 bridgehead atoms. The Balaban J connectivity index is 2.02. The Hall–Kier alpha value is -1.20. The molecule has 2 amide bonds. The van der Waals surface area contributed by atoms with Crippen molar-refractivity contribution in [2.24, 2.45) is 0 Å². The van der Waals surface area contributed by atoms with Gasteiger partial charge in [-0.3, -0.25) is 0 Å². The maximum Gasteiger partial charge on any atom is 0.321 e. The number of aliphatic hydroxyl groups excluding tert-OH is 1. The number of nitrogens with zero attached hydrogens (tertiary/aromatic N) is 1. The molecule has 1 atom stereocenters. The standard InChI is InChI=1S/C13H18N2O2S/c1-18-9-10-4-2-3-5-12(10)14-13(17)15-7-6-11(16)8-15/h2-5,11,16H,6-9H2,1H3,(H,14,17)/t11-/m0/s1. The second-order valence-electron chi connectivity index (χ2n) is 4.41. The summed E-state index contributed by atoms with van der Waals surface area (Å²) in [6.07, 6.45) is 2.33. The largest absolute Gasteiger partial charge is 0.391 e. The van der Waals surface area contributed by atoms with Gasteiger partial charge in [-0.05, 0) is 24.3 Å². The molecule has 1 aromatic carbocycles. The molecule has 0 radical (unpaired) electrons. The molecule has 18 heavy (non-hydrogen) atoms. The Morgan fingerprint density at radius 1 is 1.56 bits per heavy atom. The van der Waals surface area contributed by atoms with Crippen molar-refractivity contribution in [2.45, 2.75) is 18.3 Å². The molecule has 1 fully saturated rings. The van der Waals surface area contributed by atoms with Crippen LogP contribution in [0.3, 0.4) is 0 Å². The molecule has 1 heterocycles. The third kappa shape index (κ3) is 3.17. The van der Waals surface area contributed by atoms with Gasteiger partial charge in [0, 0.05) is 24.5 Å². The van der Waals surface area contributed by atoms with E-state index >= 15 is 0 Å². The van der Waals surface area contributed by atoms with Gasteiger partial charge >= 0.3 is 6.03 Å². The van der Waals surface area contributed by atoms with Gasteiger partial charge in [-0.2, -0.15) is 11.8 Å². The Morgan fingerprint density at radius 3 is 3.00 bits per heavy atom. The molecule has 0 saturated carbocycles. The zero-order valence-electron chi connectivity index (χ0n) is 10.4. The van der Waals surface area contributed by atoms with E-state index in [0.29, 0.717) is 19.5 Å². The van der Waals surface area contributed by atoms with Crippen LogP contribution in [0.15, 0.2) is 24.3 Å². The fourth-order valence-corrected chi connectivity index (χ4v) is 2.61. The lowest BCUT2D eigenvalue weighted by Gasteiger charge is -2.18. The van der Waals surface area contributed by atoms with E-state index in [1.807, 2.05) is 30.5 Å². The van der Waals surface area contributed by atoms with Crippen LogP contribution >= 0.6 is 11.8 Å². The number of thioether (sulfide) groups is 1. The van der Waals surface area contributed by atoms with Crippen molar-refractivity contribution in [2.75, 3.05) is 24.7 Å². The SMILES string of the molecule is CSCc1ccccc1NC(=O)N1CC[C@H](O)C1. The molecule has 0 spiro atoms. The first-order chi connectivity index (χ1) is 8.70. The number of β-amino-alcohol motifs (C(OH)–C–C–N with tert-alkyl or cyclic N) is 1. The Bertz CT molecular complexity index is 425. The lowest BCUT2D eigenvalue weighted by Crippen LogP contribution is -2.33. The van der Waals surface area contributed by atoms with E-state index in [1.54, 1.807) is 16.7 Å². The second-order valence-corrected chi connectivity index (χ2v) is 5.27. The normalized spacial score (nSPS) is 19.0. The van der Waals surface area contributed by atoms with Gasteiger partial charge in [0.25, 0.3) is 0 Å². The van der Waals surface area contributed by atoms with Crippen molar-refractivity contribution in [3.05, 3.63) is 29.8 Å². The first-order valence-corrected chi connectivity index (χ1v) is 7.41. The first-order valence-electron chi connectivity index (χ1n) is 6.01. The zero-order valence-corrected chi connectivity index (χ0v) is 11.2. The van der Waals surface area contributed by atoms with E-state index in [9.17, 15) is 9.90 Å². The minimum Gasteiger partial charge on any atom is -0.391 e. The van der Waals surface area contributed by atoms with E-state index in [-0.39, 0.29) is 12.1 Å². The lowest BCUT2D eigenvalue weighted by atomic mass is 10.2. The summed E-state index contributed by atoms with van der Waals surface area (Å²) in [5.41, 5.74) is 1.98. The number of rotatable bonds is 3. The monoisotopic (exact) mass is 266 g/mol. The fourth-order valence-electron chi connectivity index (χ4n) is 2.04. The number of hydrogen-bond donors (Lipinski definition) is 2. The number of benzene rings is 1. The summed E-state index contributed by atoms with van der Waals surface area (Å²) in [6.45, 7) is 1.05. The molecule has 5 heteroatoms. The summed E-state index contributed by atoms with van der Waals surface area (Å²) >= 11 is 1.72. The Kier molecular flexibility index (Phi) is 4.49. The average molecular weight is 266 g/mol. The predicted molar refractivity (Wildman–Crippen MR) is 74.9 cm³/mol. The van der Waals surface area contributed by atoms with E-state index < -0.39 is 0 Å². The van der Waals surface area contributed by atoms with E-state index in [2.05, 4.69) is 5.32 Å². The van der Waals surface area contributed by atoms with Crippen LogP contribution < -0.4 is 5.32 Å². The highest BCUT2D eigenvalue weighted by Crippen LogP contribution is 2.20. The van der Waals surface area contributed by atoms with Crippen LogP contribution in [-0.2, 0) is 5.75 Å². The maximum atomic E-state index is 12.0. The topological polar surface area (TPSA) is 52.6 Å². The first kappa shape index (κ1) is 13.2. The fraction of sp³-hybridized carbons (Fsp3) is 0.462. The molecular formula is C13H18N2O2S. The number of amides is 2. The van der Waals surface area contributed by atoms with E-state index in [4.69, 9.17) is 0 Å². The highest BCUT2D eigenvalue weighted by molar-refractivity contribution is 7.97. The zero-order chi connectivity index (χ0) is 13.0. The number of hydrogen-bond acceptors (Lipinski definition) is 3. The molecule has 2 N–H and O–H groups in total. The third-order valence-corrected chi connectivity index (χ3v) is 3.61. The van der Waals surface area contributed by atoms with Gasteiger partial charge in [0.05, 0.1) is 6.10 Å². The molecule has 4 nitrogen and oxygen atoms in total. The van der Waals surface area contributed by atoms with Crippen molar-refractivity contribution in [1.82, 2.24) is 4.90 Å². The average Bonchev–Trinajstić information content (AvgIpc) is 2.79. The van der Waals surface area contributed by atoms with Gasteiger partial charge in [-0.25, -0.2) is 4.79 Å². The number of nitrogens with one attached hydrogen (secondary N) is 1. The van der Waals surface area contributed by atoms with E-state index in [0.717, 1.165) is 17.0 Å². The molecular weight excluding hydrogens is 248 g/mol. The molecule has 1 saturated heterocycles. The van der Waals surface area contributed by atoms with Crippen LogP contribution in [0.2, 0.25) is 0 Å². The van der Waals surface area contributed by atoms with Crippen LogP contribution in [-0.4, -0.2) is 41.5 Å². The number of urea groups is 1. The summed E-state index contributed by atoms with van der Waals surface area (Å²) < 4.78 is 0. The maximum absolute atomic E-state index is 12.0. The van der Waals surface area contributed by atoms with Crippen LogP contribution in [0.5, 0.6) is 0 Å². The number of anilines is 1. The minimum atomic E-state index is -0.378. The Labute approximate surface area is 111 Å². The Morgan fingerprint density at radius 2 is 2.33 bits per heavy atom. The van der Waals surface area contributed by atoms with Crippen molar-refractivity contribution in [1.29, 1.82) is 0 Å². The molecule has 1 aliphatic rings. The van der Waals surface area contributed by atoms with Crippen LogP contribution in [0, 0.1) is 0 Å². The summed E-state index contributed by atoms with van der Waals surface area (Å²) in [6, 6.07) is 7.69. The number of aliphatic hydroxyl groups is 1. The van der Waals surface area contributed by atoms with Gasteiger partial charge < -0.3 is 15.3 Å². The number of para-hydroxylation sites is 1. The molecule has 0 unspecified atom stereocenters. The van der Waals surface area contributed by atoms with Crippen molar-refractivity contribution < 1.29 is 9.90 Å². The van der Waals surface area contributed by atoms with Crippen molar-refractivity contribution >= 4 is 23.5 Å². The van der Waals surface area contributed by atoms with Crippen LogP contribution in [0.4, 0.5) is 10.5 Å². The molecule has 1 aliphatic heterocycles. The lowest BCUT2D eigenvalue weighted by molar-refractivity contribution is 0.176. The summed E-state index contributed by atoms with van der Waals surface area (Å²) in [7, 11) is 0. The number of carbonyl (C=O) groups is 1. The molecule has 0 aliphatic carbocycles. The summed E-state index contributed by atoms with van der Waals surface area (Å²) in [5, 5.41) is 12.3.